The van der Waals surface area contributed by atoms with E-state index in [0.29, 0.717) is 18.0 Å². The first-order chi connectivity index (χ1) is 14.2. The molecule has 6 nitrogen and oxygen atoms in total. The lowest BCUT2D eigenvalue weighted by Gasteiger charge is -2.19. The third-order valence-corrected chi connectivity index (χ3v) is 5.01. The van der Waals surface area contributed by atoms with E-state index in [1.807, 2.05) is 35.7 Å². The monoisotopic (exact) mass is 403 g/mol. The molecule has 2 aromatic heterocycles. The molecule has 3 aromatic rings. The maximum atomic E-state index is 12.2. The number of rotatable bonds is 5. The molecule has 1 aromatic carbocycles. The molecule has 0 aliphatic carbocycles. The SMILES string of the molecule is O=C(/C=C/c1csc(/C=C2\Oc3ccccc3NC2=O)c1)NCc1cccnc1. The molecule has 4 rings (SSSR count). The number of para-hydroxylation sites is 2. The van der Waals surface area contributed by atoms with E-state index >= 15 is 0 Å². The van der Waals surface area contributed by atoms with Crippen LogP contribution >= 0.6 is 11.3 Å². The van der Waals surface area contributed by atoms with Gasteiger partial charge < -0.3 is 15.4 Å². The normalized spacial score (nSPS) is 14.3. The van der Waals surface area contributed by atoms with Gasteiger partial charge in [0.05, 0.1) is 5.69 Å². The summed E-state index contributed by atoms with van der Waals surface area (Å²) in [5.41, 5.74) is 2.46. The Morgan fingerprint density at radius 3 is 3.00 bits per heavy atom. The summed E-state index contributed by atoms with van der Waals surface area (Å²) in [6.45, 7) is 0.423. The van der Waals surface area contributed by atoms with Gasteiger partial charge in [0, 0.05) is 36.0 Å². The largest absolute Gasteiger partial charge is 0.449 e. The number of amides is 2. The Kier molecular flexibility index (Phi) is 5.49. The van der Waals surface area contributed by atoms with Crippen molar-refractivity contribution in [2.75, 3.05) is 5.32 Å². The molecule has 0 saturated heterocycles. The molecule has 0 saturated carbocycles. The van der Waals surface area contributed by atoms with Gasteiger partial charge in [-0.1, -0.05) is 18.2 Å². The Hall–Kier alpha value is -3.71. The number of benzene rings is 1. The van der Waals surface area contributed by atoms with Gasteiger partial charge in [0.1, 0.15) is 0 Å². The zero-order valence-corrected chi connectivity index (χ0v) is 16.1. The molecule has 1 aliphatic rings. The molecule has 0 unspecified atom stereocenters. The molecule has 7 heteroatoms. The average Bonchev–Trinajstić information content (AvgIpc) is 3.19. The van der Waals surface area contributed by atoms with E-state index in [4.69, 9.17) is 4.74 Å². The van der Waals surface area contributed by atoms with Crippen molar-refractivity contribution >= 4 is 41.0 Å². The number of pyridine rings is 1. The first-order valence-electron chi connectivity index (χ1n) is 8.91. The van der Waals surface area contributed by atoms with Gasteiger partial charge in [-0.3, -0.25) is 14.6 Å². The Bertz CT molecular complexity index is 1100. The number of nitrogens with zero attached hydrogens (tertiary/aromatic N) is 1. The van der Waals surface area contributed by atoms with Crippen molar-refractivity contribution in [3.63, 3.8) is 0 Å². The molecule has 0 spiro atoms. The highest BCUT2D eigenvalue weighted by molar-refractivity contribution is 7.11. The van der Waals surface area contributed by atoms with Crippen molar-refractivity contribution in [2.45, 2.75) is 6.54 Å². The molecule has 0 bridgehead atoms. The van der Waals surface area contributed by atoms with E-state index in [9.17, 15) is 9.59 Å². The number of carbonyl (C=O) groups is 2. The molecule has 3 heterocycles. The zero-order chi connectivity index (χ0) is 20.1. The van der Waals surface area contributed by atoms with Crippen LogP contribution in [0.3, 0.4) is 0 Å². The lowest BCUT2D eigenvalue weighted by Crippen LogP contribution is -2.23. The number of ether oxygens (including phenoxy) is 1. The third kappa shape index (κ3) is 4.77. The van der Waals surface area contributed by atoms with Gasteiger partial charge in [0.25, 0.3) is 5.91 Å². The first-order valence-corrected chi connectivity index (χ1v) is 9.78. The van der Waals surface area contributed by atoms with Crippen LogP contribution in [0.1, 0.15) is 16.0 Å². The number of carbonyl (C=O) groups excluding carboxylic acids is 2. The van der Waals surface area contributed by atoms with Crippen LogP contribution in [0.4, 0.5) is 5.69 Å². The van der Waals surface area contributed by atoms with E-state index in [1.54, 1.807) is 36.7 Å². The maximum absolute atomic E-state index is 12.2. The van der Waals surface area contributed by atoms with E-state index < -0.39 is 0 Å². The topological polar surface area (TPSA) is 80.3 Å². The third-order valence-electron chi connectivity index (χ3n) is 4.11. The lowest BCUT2D eigenvalue weighted by atomic mass is 10.2. The fourth-order valence-corrected chi connectivity index (χ4v) is 3.48. The summed E-state index contributed by atoms with van der Waals surface area (Å²) in [6, 6.07) is 12.9. The van der Waals surface area contributed by atoms with E-state index in [2.05, 4.69) is 15.6 Å². The molecule has 0 fully saturated rings. The second-order valence-corrected chi connectivity index (χ2v) is 7.20. The van der Waals surface area contributed by atoms with Gasteiger partial charge in [-0.25, -0.2) is 0 Å². The molecular formula is C22H17N3O3S. The molecule has 2 amide bonds. The van der Waals surface area contributed by atoms with Gasteiger partial charge in [0.15, 0.2) is 11.5 Å². The van der Waals surface area contributed by atoms with Crippen LogP contribution in [0, 0.1) is 0 Å². The van der Waals surface area contributed by atoms with Crippen LogP contribution in [-0.4, -0.2) is 16.8 Å². The Labute approximate surface area is 171 Å². The van der Waals surface area contributed by atoms with Gasteiger partial charge in [-0.05, 0) is 46.8 Å². The first kappa shape index (κ1) is 18.6. The van der Waals surface area contributed by atoms with Crippen molar-refractivity contribution < 1.29 is 14.3 Å². The zero-order valence-electron chi connectivity index (χ0n) is 15.3. The van der Waals surface area contributed by atoms with Gasteiger partial charge in [-0.2, -0.15) is 0 Å². The Morgan fingerprint density at radius 1 is 1.24 bits per heavy atom. The molecule has 2 N–H and O–H groups in total. The maximum Gasteiger partial charge on any atom is 0.291 e. The number of nitrogens with one attached hydrogen (secondary N) is 2. The molecule has 144 valence electrons. The Morgan fingerprint density at radius 2 is 2.14 bits per heavy atom. The van der Waals surface area contributed by atoms with Gasteiger partial charge in [0.2, 0.25) is 5.91 Å². The highest BCUT2D eigenvalue weighted by atomic mass is 32.1. The average molecular weight is 403 g/mol. The van der Waals surface area contributed by atoms with Gasteiger partial charge >= 0.3 is 0 Å². The highest BCUT2D eigenvalue weighted by Crippen LogP contribution is 2.31. The van der Waals surface area contributed by atoms with Crippen LogP contribution in [0.2, 0.25) is 0 Å². The number of fused-ring (bicyclic) bond motifs is 1. The summed E-state index contributed by atoms with van der Waals surface area (Å²) in [4.78, 5) is 29.0. The summed E-state index contributed by atoms with van der Waals surface area (Å²) in [5, 5.41) is 7.52. The van der Waals surface area contributed by atoms with Gasteiger partial charge in [-0.15, -0.1) is 11.3 Å². The minimum Gasteiger partial charge on any atom is -0.449 e. The smallest absolute Gasteiger partial charge is 0.291 e. The molecular weight excluding hydrogens is 386 g/mol. The van der Waals surface area contributed by atoms with Crippen LogP contribution in [0.25, 0.3) is 12.2 Å². The predicted octanol–water partition coefficient (Wildman–Crippen LogP) is 3.84. The number of hydrogen-bond donors (Lipinski definition) is 2. The van der Waals surface area contributed by atoms with Crippen molar-refractivity contribution in [2.24, 2.45) is 0 Å². The van der Waals surface area contributed by atoms with Crippen molar-refractivity contribution in [1.29, 1.82) is 0 Å². The van der Waals surface area contributed by atoms with Crippen LogP contribution in [0.5, 0.6) is 5.75 Å². The summed E-state index contributed by atoms with van der Waals surface area (Å²) in [6.07, 6.45) is 8.30. The summed E-state index contributed by atoms with van der Waals surface area (Å²) in [7, 11) is 0. The minimum atomic E-state index is -0.288. The van der Waals surface area contributed by atoms with Crippen LogP contribution in [0.15, 0.2) is 72.1 Å². The molecule has 0 radical (unpaired) electrons. The fourth-order valence-electron chi connectivity index (χ4n) is 2.69. The second-order valence-electron chi connectivity index (χ2n) is 6.26. The second kappa shape index (κ2) is 8.53. The van der Waals surface area contributed by atoms with Crippen molar-refractivity contribution in [3.05, 3.63) is 88.1 Å². The molecule has 1 aliphatic heterocycles. The number of hydrogen-bond acceptors (Lipinski definition) is 5. The standard InChI is InChI=1S/C22H17N3O3S/c26-21(24-13-16-4-3-9-23-12-16)8-7-15-10-17(29-14-15)11-20-22(27)25-18-5-1-2-6-19(18)28-20/h1-12,14H,13H2,(H,24,26)(H,25,27)/b8-7+,20-11-. The minimum absolute atomic E-state index is 0.188. The Balaban J connectivity index is 1.38. The van der Waals surface area contributed by atoms with E-state index in [0.717, 1.165) is 16.0 Å². The fraction of sp³-hybridized carbons (Fsp3) is 0.0455. The highest BCUT2D eigenvalue weighted by Gasteiger charge is 2.21. The predicted molar refractivity (Wildman–Crippen MR) is 113 cm³/mol. The number of aromatic nitrogens is 1. The quantitative estimate of drug-likeness (QED) is 0.634. The van der Waals surface area contributed by atoms with Crippen molar-refractivity contribution in [1.82, 2.24) is 10.3 Å². The summed E-state index contributed by atoms with van der Waals surface area (Å²) < 4.78 is 5.70. The molecule has 29 heavy (non-hydrogen) atoms. The lowest BCUT2D eigenvalue weighted by molar-refractivity contribution is -0.116. The van der Waals surface area contributed by atoms with E-state index in [-0.39, 0.29) is 17.6 Å². The summed E-state index contributed by atoms with van der Waals surface area (Å²) in [5.74, 6) is 0.367. The number of thiophene rings is 1. The number of anilines is 1. The molecule has 0 atom stereocenters. The van der Waals surface area contributed by atoms with E-state index in [1.165, 1.54) is 17.4 Å². The van der Waals surface area contributed by atoms with Crippen LogP contribution in [-0.2, 0) is 16.1 Å². The summed E-state index contributed by atoms with van der Waals surface area (Å²) >= 11 is 1.46. The van der Waals surface area contributed by atoms with Crippen LogP contribution < -0.4 is 15.4 Å². The van der Waals surface area contributed by atoms with Crippen molar-refractivity contribution in [3.8, 4) is 5.75 Å².